The second kappa shape index (κ2) is 7.58. The van der Waals surface area contributed by atoms with E-state index < -0.39 is 0 Å². The molecule has 0 aliphatic carbocycles. The van der Waals surface area contributed by atoms with Gasteiger partial charge in [-0.15, -0.1) is 0 Å². The molecular weight excluding hydrogens is 330 g/mol. The highest BCUT2D eigenvalue weighted by Gasteiger charge is 2.44. The van der Waals surface area contributed by atoms with Gasteiger partial charge in [0.05, 0.1) is 6.26 Å². The Kier molecular flexibility index (Phi) is 5.00. The summed E-state index contributed by atoms with van der Waals surface area (Å²) in [4.78, 5) is 2.41. The van der Waals surface area contributed by atoms with Gasteiger partial charge in [0.2, 0.25) is 0 Å². The van der Waals surface area contributed by atoms with E-state index in [0.717, 1.165) is 25.9 Å². The van der Waals surface area contributed by atoms with E-state index in [4.69, 9.17) is 4.74 Å². The Morgan fingerprint density at radius 2 is 1.59 bits per heavy atom. The minimum Gasteiger partial charge on any atom is -0.493 e. The fourth-order valence-corrected chi connectivity index (χ4v) is 4.57. The molecule has 138 valence electrons. The Morgan fingerprint density at radius 3 is 2.33 bits per heavy atom. The van der Waals surface area contributed by atoms with Crippen molar-refractivity contribution in [3.63, 3.8) is 0 Å². The lowest BCUT2D eigenvalue weighted by atomic mass is 9.66. The molecule has 3 aromatic rings. The van der Waals surface area contributed by atoms with E-state index in [2.05, 4.69) is 91.3 Å². The summed E-state index contributed by atoms with van der Waals surface area (Å²) in [6, 6.07) is 26.0. The van der Waals surface area contributed by atoms with E-state index >= 15 is 0 Å². The van der Waals surface area contributed by atoms with Gasteiger partial charge in [0, 0.05) is 11.0 Å². The van der Waals surface area contributed by atoms with E-state index in [-0.39, 0.29) is 11.5 Å². The van der Waals surface area contributed by atoms with Crippen LogP contribution in [0.5, 0.6) is 0 Å². The molecule has 0 radical (unpaired) electrons. The molecule has 1 unspecified atom stereocenters. The Labute approximate surface area is 162 Å². The topological polar surface area (TPSA) is 12.5 Å². The van der Waals surface area contributed by atoms with Gasteiger partial charge >= 0.3 is 0 Å². The molecule has 27 heavy (non-hydrogen) atoms. The van der Waals surface area contributed by atoms with Crippen LogP contribution >= 0.6 is 0 Å². The SMILES string of the molecule is C=COC(c1cccc2ccccc12)C1(c2ccccc2)CCN(C)CC1. The van der Waals surface area contributed by atoms with Gasteiger partial charge in [0.1, 0.15) is 6.10 Å². The summed E-state index contributed by atoms with van der Waals surface area (Å²) in [6.45, 7) is 6.04. The van der Waals surface area contributed by atoms with Crippen LogP contribution in [0, 0.1) is 0 Å². The van der Waals surface area contributed by atoms with Crippen LogP contribution in [-0.2, 0) is 10.2 Å². The number of likely N-dealkylation sites (tertiary alicyclic amines) is 1. The Morgan fingerprint density at radius 1 is 0.926 bits per heavy atom. The minimum absolute atomic E-state index is 0.0581. The maximum Gasteiger partial charge on any atom is 0.133 e. The third-order valence-corrected chi connectivity index (χ3v) is 6.07. The molecule has 0 N–H and O–H groups in total. The Balaban J connectivity index is 1.90. The zero-order valence-corrected chi connectivity index (χ0v) is 16.0. The van der Waals surface area contributed by atoms with Gasteiger partial charge in [-0.1, -0.05) is 79.4 Å². The zero-order chi connectivity index (χ0) is 18.7. The normalized spacial score (nSPS) is 18.1. The summed E-state index contributed by atoms with van der Waals surface area (Å²) in [7, 11) is 2.20. The van der Waals surface area contributed by atoms with Crippen LogP contribution in [-0.4, -0.2) is 25.0 Å². The van der Waals surface area contributed by atoms with Crippen molar-refractivity contribution in [1.82, 2.24) is 4.90 Å². The van der Waals surface area contributed by atoms with Gasteiger partial charge in [-0.3, -0.25) is 0 Å². The molecule has 3 aromatic carbocycles. The highest BCUT2D eigenvalue weighted by Crippen LogP contribution is 2.48. The monoisotopic (exact) mass is 357 g/mol. The lowest BCUT2D eigenvalue weighted by Crippen LogP contribution is -2.45. The van der Waals surface area contributed by atoms with Crippen molar-refractivity contribution in [3.8, 4) is 0 Å². The molecule has 2 nitrogen and oxygen atoms in total. The molecular formula is C25H27NO. The van der Waals surface area contributed by atoms with Crippen LogP contribution in [0.4, 0.5) is 0 Å². The molecule has 0 saturated carbocycles. The van der Waals surface area contributed by atoms with E-state index in [0.29, 0.717) is 0 Å². The summed E-state index contributed by atoms with van der Waals surface area (Å²) in [5, 5.41) is 2.52. The van der Waals surface area contributed by atoms with Gasteiger partial charge < -0.3 is 9.64 Å². The third-order valence-electron chi connectivity index (χ3n) is 6.07. The molecule has 1 fully saturated rings. The summed E-state index contributed by atoms with van der Waals surface area (Å²) >= 11 is 0. The van der Waals surface area contributed by atoms with Crippen LogP contribution < -0.4 is 0 Å². The molecule has 0 bridgehead atoms. The smallest absolute Gasteiger partial charge is 0.133 e. The summed E-state index contributed by atoms with van der Waals surface area (Å²) in [6.07, 6.45) is 3.69. The fraction of sp³-hybridized carbons (Fsp3) is 0.280. The average molecular weight is 357 g/mol. The fourth-order valence-electron chi connectivity index (χ4n) is 4.57. The van der Waals surface area contributed by atoms with Gasteiger partial charge in [0.15, 0.2) is 0 Å². The number of hydrogen-bond donors (Lipinski definition) is 0. The Bertz CT molecular complexity index is 905. The minimum atomic E-state index is -0.0634. The van der Waals surface area contributed by atoms with Crippen LogP contribution in [0.2, 0.25) is 0 Å². The summed E-state index contributed by atoms with van der Waals surface area (Å²) < 4.78 is 6.31. The van der Waals surface area contributed by atoms with Crippen molar-refractivity contribution in [2.45, 2.75) is 24.4 Å². The number of rotatable bonds is 5. The molecule has 0 spiro atoms. The van der Waals surface area contributed by atoms with Crippen molar-refractivity contribution < 1.29 is 4.74 Å². The number of ether oxygens (including phenoxy) is 1. The van der Waals surface area contributed by atoms with Crippen molar-refractivity contribution in [2.24, 2.45) is 0 Å². The molecule has 0 amide bonds. The quantitative estimate of drug-likeness (QED) is 0.543. The molecule has 4 rings (SSSR count). The van der Waals surface area contributed by atoms with Crippen LogP contribution in [0.25, 0.3) is 10.8 Å². The van der Waals surface area contributed by atoms with Crippen LogP contribution in [0.15, 0.2) is 85.6 Å². The molecule has 1 heterocycles. The number of nitrogens with zero attached hydrogens (tertiary/aromatic N) is 1. The standard InChI is InChI=1S/C25H27NO/c1-3-27-24(23-15-9-11-20-10-7-8-14-22(20)23)25(16-18-26(2)19-17-25)21-12-5-4-6-13-21/h3-15,24H,1,16-19H2,2H3. The molecule has 1 saturated heterocycles. The van der Waals surface area contributed by atoms with E-state index in [9.17, 15) is 0 Å². The summed E-state index contributed by atoms with van der Waals surface area (Å²) in [5.74, 6) is 0. The molecule has 1 atom stereocenters. The lowest BCUT2D eigenvalue weighted by Gasteiger charge is -2.46. The largest absolute Gasteiger partial charge is 0.493 e. The average Bonchev–Trinajstić information content (AvgIpc) is 2.73. The van der Waals surface area contributed by atoms with E-state index in [1.54, 1.807) is 6.26 Å². The van der Waals surface area contributed by atoms with Crippen molar-refractivity contribution >= 4 is 10.8 Å². The first-order valence-corrected chi connectivity index (χ1v) is 9.73. The van der Waals surface area contributed by atoms with E-state index in [1.807, 2.05) is 0 Å². The lowest BCUT2D eigenvalue weighted by molar-refractivity contribution is 0.0235. The number of fused-ring (bicyclic) bond motifs is 1. The van der Waals surface area contributed by atoms with Gasteiger partial charge in [0.25, 0.3) is 0 Å². The first kappa shape index (κ1) is 17.8. The number of piperidine rings is 1. The second-order valence-corrected chi connectivity index (χ2v) is 7.58. The van der Waals surface area contributed by atoms with Crippen molar-refractivity contribution in [2.75, 3.05) is 20.1 Å². The predicted molar refractivity (Wildman–Crippen MR) is 113 cm³/mol. The zero-order valence-electron chi connectivity index (χ0n) is 16.0. The highest BCUT2D eigenvalue weighted by atomic mass is 16.5. The summed E-state index contributed by atoms with van der Waals surface area (Å²) in [5.41, 5.74) is 2.55. The highest BCUT2D eigenvalue weighted by molar-refractivity contribution is 5.86. The van der Waals surface area contributed by atoms with Gasteiger partial charge in [-0.2, -0.15) is 0 Å². The molecule has 0 aromatic heterocycles. The first-order valence-electron chi connectivity index (χ1n) is 9.73. The van der Waals surface area contributed by atoms with Gasteiger partial charge in [-0.05, 0) is 49.3 Å². The van der Waals surface area contributed by atoms with E-state index in [1.165, 1.54) is 21.9 Å². The van der Waals surface area contributed by atoms with Crippen LogP contribution in [0.3, 0.4) is 0 Å². The number of hydrogen-bond acceptors (Lipinski definition) is 2. The van der Waals surface area contributed by atoms with Gasteiger partial charge in [-0.25, -0.2) is 0 Å². The predicted octanol–water partition coefficient (Wildman–Crippen LogP) is 5.70. The Hall–Kier alpha value is -2.58. The maximum absolute atomic E-state index is 6.31. The maximum atomic E-state index is 6.31. The molecule has 1 aliphatic rings. The molecule has 2 heteroatoms. The first-order chi connectivity index (χ1) is 13.2. The third kappa shape index (κ3) is 3.26. The van der Waals surface area contributed by atoms with Crippen molar-refractivity contribution in [3.05, 3.63) is 96.8 Å². The van der Waals surface area contributed by atoms with Crippen LogP contribution in [0.1, 0.15) is 30.1 Å². The number of benzene rings is 3. The molecule has 1 aliphatic heterocycles. The second-order valence-electron chi connectivity index (χ2n) is 7.58. The van der Waals surface area contributed by atoms with Crippen molar-refractivity contribution in [1.29, 1.82) is 0 Å².